The molecule has 1 aromatic rings. The fraction of sp³-hybridized carbons (Fsp3) is 0.375. The van der Waals surface area contributed by atoms with Crippen LogP contribution < -0.4 is 5.32 Å². The third-order valence-corrected chi connectivity index (χ3v) is 1.69. The number of aromatic nitrogens is 3. The molecule has 15 heavy (non-hydrogen) atoms. The predicted molar refractivity (Wildman–Crippen MR) is 49.9 cm³/mol. The van der Waals surface area contributed by atoms with E-state index in [2.05, 4.69) is 25.2 Å². The number of methoxy groups -OCH3 is 1. The molecule has 7 heteroatoms. The number of ether oxygens (including phenoxy) is 1. The minimum atomic E-state index is -1.00. The van der Waals surface area contributed by atoms with Gasteiger partial charge in [-0.2, -0.15) is 5.10 Å². The molecule has 0 aliphatic rings. The molecule has 0 aromatic carbocycles. The lowest BCUT2D eigenvalue weighted by Gasteiger charge is -2.02. The Morgan fingerprint density at radius 1 is 1.20 bits per heavy atom. The molecule has 1 N–H and O–H groups in total. The van der Waals surface area contributed by atoms with Crippen molar-refractivity contribution in [3.63, 3.8) is 0 Å². The minimum Gasteiger partial charge on any atom is -0.462 e. The van der Waals surface area contributed by atoms with Gasteiger partial charge in [-0.1, -0.05) is 0 Å². The fourth-order valence-electron chi connectivity index (χ4n) is 0.755. The summed E-state index contributed by atoms with van der Waals surface area (Å²) in [6.45, 7) is 3.46. The number of carbonyl (C=O) groups excluding carboxylic acids is 2. The first kappa shape index (κ1) is 11.0. The number of amides is 1. The molecule has 1 heterocycles. The highest BCUT2D eigenvalue weighted by molar-refractivity contribution is 6.37. The second-order valence-electron chi connectivity index (χ2n) is 2.75. The third kappa shape index (κ3) is 2.70. The zero-order valence-electron chi connectivity index (χ0n) is 8.57. The van der Waals surface area contributed by atoms with Gasteiger partial charge in [-0.15, -0.1) is 5.10 Å². The molecule has 1 amide bonds. The van der Waals surface area contributed by atoms with Crippen LogP contribution in [0, 0.1) is 13.8 Å². The van der Waals surface area contributed by atoms with Crippen molar-refractivity contribution in [2.45, 2.75) is 13.8 Å². The molecular formula is C8H10N4O3. The number of hydrogen-bond donors (Lipinski definition) is 1. The molecule has 0 saturated carbocycles. The monoisotopic (exact) mass is 210 g/mol. The lowest BCUT2D eigenvalue weighted by atomic mass is 10.4. The number of rotatable bonds is 1. The molecule has 1 rings (SSSR count). The van der Waals surface area contributed by atoms with Gasteiger partial charge in [0.2, 0.25) is 5.95 Å². The molecule has 7 nitrogen and oxygen atoms in total. The predicted octanol–water partition coefficient (Wildman–Crippen LogP) is -0.400. The Hall–Kier alpha value is -2.05. The molecule has 0 spiro atoms. The standard InChI is InChI=1S/C8H10N4O3/c1-4-5(2)11-12-8(9-4)10-6(13)7(14)15-3/h1-3H3,(H,9,10,12,13). The second-order valence-corrected chi connectivity index (χ2v) is 2.75. The summed E-state index contributed by atoms with van der Waals surface area (Å²) >= 11 is 0. The Balaban J connectivity index is 2.77. The van der Waals surface area contributed by atoms with Gasteiger partial charge in [0, 0.05) is 0 Å². The second kappa shape index (κ2) is 4.45. The van der Waals surface area contributed by atoms with Crippen LogP contribution in [-0.2, 0) is 14.3 Å². The molecular weight excluding hydrogens is 200 g/mol. The number of aryl methyl sites for hydroxylation is 2. The van der Waals surface area contributed by atoms with Gasteiger partial charge in [-0.25, -0.2) is 9.78 Å². The number of anilines is 1. The van der Waals surface area contributed by atoms with E-state index in [0.717, 1.165) is 7.11 Å². The Bertz CT molecular complexity index is 405. The van der Waals surface area contributed by atoms with E-state index in [9.17, 15) is 9.59 Å². The van der Waals surface area contributed by atoms with Gasteiger partial charge >= 0.3 is 11.9 Å². The van der Waals surface area contributed by atoms with E-state index in [1.807, 2.05) is 0 Å². The van der Waals surface area contributed by atoms with Crippen LogP contribution in [0.15, 0.2) is 0 Å². The van der Waals surface area contributed by atoms with E-state index in [1.165, 1.54) is 0 Å². The van der Waals surface area contributed by atoms with Crippen LogP contribution in [0.1, 0.15) is 11.4 Å². The Kier molecular flexibility index (Phi) is 3.27. The van der Waals surface area contributed by atoms with Gasteiger partial charge in [0.1, 0.15) is 0 Å². The van der Waals surface area contributed by atoms with Crippen LogP contribution in [0.3, 0.4) is 0 Å². The zero-order valence-corrected chi connectivity index (χ0v) is 8.57. The van der Waals surface area contributed by atoms with Crippen molar-refractivity contribution in [1.82, 2.24) is 15.2 Å². The fourth-order valence-corrected chi connectivity index (χ4v) is 0.755. The minimum absolute atomic E-state index is 0.0199. The van der Waals surface area contributed by atoms with Crippen molar-refractivity contribution < 1.29 is 14.3 Å². The molecule has 80 valence electrons. The zero-order chi connectivity index (χ0) is 11.4. The summed E-state index contributed by atoms with van der Waals surface area (Å²) in [5, 5.41) is 9.49. The quantitative estimate of drug-likeness (QED) is 0.500. The maximum atomic E-state index is 11.0. The van der Waals surface area contributed by atoms with Gasteiger partial charge in [0.25, 0.3) is 0 Å². The van der Waals surface area contributed by atoms with Crippen molar-refractivity contribution in [2.24, 2.45) is 0 Å². The smallest absolute Gasteiger partial charge is 0.396 e. The third-order valence-electron chi connectivity index (χ3n) is 1.69. The Labute approximate surface area is 85.9 Å². The van der Waals surface area contributed by atoms with Gasteiger partial charge in [0.05, 0.1) is 18.5 Å². The summed E-state index contributed by atoms with van der Waals surface area (Å²) in [6.07, 6.45) is 0. The van der Waals surface area contributed by atoms with Crippen molar-refractivity contribution >= 4 is 17.8 Å². The van der Waals surface area contributed by atoms with E-state index in [-0.39, 0.29) is 5.95 Å². The van der Waals surface area contributed by atoms with E-state index in [4.69, 9.17) is 0 Å². The molecule has 0 unspecified atom stereocenters. The summed E-state index contributed by atoms with van der Waals surface area (Å²) in [5.41, 5.74) is 1.29. The molecule has 0 fully saturated rings. The van der Waals surface area contributed by atoms with Crippen molar-refractivity contribution in [1.29, 1.82) is 0 Å². The van der Waals surface area contributed by atoms with Gasteiger partial charge in [0.15, 0.2) is 0 Å². The van der Waals surface area contributed by atoms with Crippen LogP contribution in [0.4, 0.5) is 5.95 Å². The molecule has 0 radical (unpaired) electrons. The summed E-state index contributed by atoms with van der Waals surface area (Å²) in [6, 6.07) is 0. The van der Waals surface area contributed by atoms with E-state index in [1.54, 1.807) is 13.8 Å². The van der Waals surface area contributed by atoms with Gasteiger partial charge < -0.3 is 4.74 Å². The van der Waals surface area contributed by atoms with Crippen LogP contribution in [-0.4, -0.2) is 34.2 Å². The average Bonchev–Trinajstić information content (AvgIpc) is 2.22. The van der Waals surface area contributed by atoms with Crippen LogP contribution in [0.25, 0.3) is 0 Å². The van der Waals surface area contributed by atoms with E-state index < -0.39 is 11.9 Å². The molecule has 0 atom stereocenters. The lowest BCUT2D eigenvalue weighted by Crippen LogP contribution is -2.25. The largest absolute Gasteiger partial charge is 0.462 e. The Morgan fingerprint density at radius 3 is 2.40 bits per heavy atom. The lowest BCUT2D eigenvalue weighted by molar-refractivity contribution is -0.150. The highest BCUT2D eigenvalue weighted by atomic mass is 16.5. The van der Waals surface area contributed by atoms with Crippen LogP contribution >= 0.6 is 0 Å². The Morgan fingerprint density at radius 2 is 1.87 bits per heavy atom. The molecule has 0 aliphatic carbocycles. The van der Waals surface area contributed by atoms with Crippen molar-refractivity contribution in [3.8, 4) is 0 Å². The highest BCUT2D eigenvalue weighted by Gasteiger charge is 2.15. The summed E-state index contributed by atoms with van der Waals surface area (Å²) in [5.74, 6) is -1.95. The van der Waals surface area contributed by atoms with E-state index in [0.29, 0.717) is 11.4 Å². The first-order valence-corrected chi connectivity index (χ1v) is 4.12. The van der Waals surface area contributed by atoms with Gasteiger partial charge in [-0.05, 0) is 13.8 Å². The van der Waals surface area contributed by atoms with E-state index >= 15 is 0 Å². The highest BCUT2D eigenvalue weighted by Crippen LogP contribution is 2.01. The SMILES string of the molecule is COC(=O)C(=O)Nc1nnc(C)c(C)n1. The number of hydrogen-bond acceptors (Lipinski definition) is 6. The molecule has 0 bridgehead atoms. The molecule has 1 aromatic heterocycles. The maximum Gasteiger partial charge on any atom is 0.396 e. The maximum absolute atomic E-state index is 11.0. The van der Waals surface area contributed by atoms with Crippen molar-refractivity contribution in [3.05, 3.63) is 11.4 Å². The van der Waals surface area contributed by atoms with Gasteiger partial charge in [-0.3, -0.25) is 10.1 Å². The first-order valence-electron chi connectivity index (χ1n) is 4.12. The average molecular weight is 210 g/mol. The van der Waals surface area contributed by atoms with Crippen molar-refractivity contribution in [2.75, 3.05) is 12.4 Å². The normalized spacial score (nSPS) is 9.53. The number of carbonyl (C=O) groups is 2. The molecule has 0 saturated heterocycles. The topological polar surface area (TPSA) is 94.1 Å². The van der Waals surface area contributed by atoms with Crippen LogP contribution in [0.2, 0.25) is 0 Å². The molecule has 0 aliphatic heterocycles. The first-order chi connectivity index (χ1) is 7.04. The number of esters is 1. The summed E-state index contributed by atoms with van der Waals surface area (Å²) in [7, 11) is 1.11. The number of nitrogens with zero attached hydrogens (tertiary/aromatic N) is 3. The number of nitrogens with one attached hydrogen (secondary N) is 1. The van der Waals surface area contributed by atoms with Crippen LogP contribution in [0.5, 0.6) is 0 Å². The summed E-state index contributed by atoms with van der Waals surface area (Å²) in [4.78, 5) is 25.7. The summed E-state index contributed by atoms with van der Waals surface area (Å²) < 4.78 is 4.21.